The minimum absolute atomic E-state index is 0.0397. The van der Waals surface area contributed by atoms with E-state index >= 15 is 0 Å². The second kappa shape index (κ2) is 8.26. The van der Waals surface area contributed by atoms with Crippen LogP contribution in [0.1, 0.15) is 29.5 Å². The average Bonchev–Trinajstić information content (AvgIpc) is 3.41. The van der Waals surface area contributed by atoms with Crippen LogP contribution in [0.25, 0.3) is 17.0 Å². The maximum absolute atomic E-state index is 13.6. The largest absolute Gasteiger partial charge is 0.497 e. The molecule has 1 aliphatic heterocycles. The van der Waals surface area contributed by atoms with E-state index in [0.29, 0.717) is 21.6 Å². The molecule has 1 saturated carbocycles. The Labute approximate surface area is 191 Å². The highest BCUT2D eigenvalue weighted by molar-refractivity contribution is 8.18. The monoisotopic (exact) mass is 472 g/mol. The second-order valence-corrected chi connectivity index (χ2v) is 8.90. The number of nitrogens with zero attached hydrogens (tertiary/aromatic N) is 3. The molecule has 2 aliphatic rings. The number of fused-ring (bicyclic) bond motifs is 1. The predicted molar refractivity (Wildman–Crippen MR) is 121 cm³/mol. The van der Waals surface area contributed by atoms with Crippen LogP contribution in [0.2, 0.25) is 0 Å². The predicted octanol–water partition coefficient (Wildman–Crippen LogP) is 4.83. The van der Waals surface area contributed by atoms with Crippen LogP contribution in [-0.2, 0) is 17.5 Å². The van der Waals surface area contributed by atoms with Crippen LogP contribution in [0.5, 0.6) is 5.75 Å². The van der Waals surface area contributed by atoms with Gasteiger partial charge in [0, 0.05) is 5.39 Å². The first kappa shape index (κ1) is 21.6. The lowest BCUT2D eigenvalue weighted by molar-refractivity contribution is -0.138. The number of methoxy groups -OCH3 is 1. The number of benzene rings is 2. The molecule has 170 valence electrons. The summed E-state index contributed by atoms with van der Waals surface area (Å²) in [6.45, 7) is -0.0397. The number of halogens is 3. The number of amides is 1. The van der Waals surface area contributed by atoms with Crippen molar-refractivity contribution in [3.05, 3.63) is 64.2 Å². The molecule has 1 N–H and O–H groups in total. The highest BCUT2D eigenvalue weighted by atomic mass is 32.2. The summed E-state index contributed by atoms with van der Waals surface area (Å²) in [5, 5.41) is 8.46. The van der Waals surface area contributed by atoms with E-state index in [0.717, 1.165) is 29.9 Å². The van der Waals surface area contributed by atoms with Gasteiger partial charge in [-0.2, -0.15) is 18.3 Å². The Balaban J connectivity index is 1.41. The second-order valence-electron chi connectivity index (χ2n) is 7.87. The Morgan fingerprint density at radius 2 is 2.09 bits per heavy atom. The molecule has 1 aromatic heterocycles. The summed E-state index contributed by atoms with van der Waals surface area (Å²) in [5.74, 6) is -0.0393. The summed E-state index contributed by atoms with van der Waals surface area (Å²) in [6.07, 6.45) is 0.988. The number of nitrogens with one attached hydrogen (secondary N) is 1. The number of amidine groups is 1. The fourth-order valence-electron chi connectivity index (χ4n) is 3.58. The quantitative estimate of drug-likeness (QED) is 0.540. The zero-order valence-corrected chi connectivity index (χ0v) is 18.3. The van der Waals surface area contributed by atoms with Crippen molar-refractivity contribution >= 4 is 39.8 Å². The highest BCUT2D eigenvalue weighted by Crippen LogP contribution is 2.35. The van der Waals surface area contributed by atoms with Crippen LogP contribution in [0, 0.1) is 0 Å². The molecular weight excluding hydrogens is 453 g/mol. The first-order valence-corrected chi connectivity index (χ1v) is 11.1. The van der Waals surface area contributed by atoms with Crippen molar-refractivity contribution in [1.29, 1.82) is 0 Å². The summed E-state index contributed by atoms with van der Waals surface area (Å²) in [7, 11) is 1.33. The van der Waals surface area contributed by atoms with Crippen LogP contribution >= 0.6 is 11.8 Å². The third-order valence-corrected chi connectivity index (χ3v) is 6.33. The first-order chi connectivity index (χ1) is 15.8. The maximum Gasteiger partial charge on any atom is 0.416 e. The molecule has 0 atom stereocenters. The summed E-state index contributed by atoms with van der Waals surface area (Å²) in [5.41, 5.74) is 0.842. The Hall–Kier alpha value is -3.27. The topological polar surface area (TPSA) is 68.5 Å². The van der Waals surface area contributed by atoms with Gasteiger partial charge in [0.05, 0.1) is 41.9 Å². The van der Waals surface area contributed by atoms with Gasteiger partial charge >= 0.3 is 6.18 Å². The van der Waals surface area contributed by atoms with E-state index < -0.39 is 11.7 Å². The highest BCUT2D eigenvalue weighted by Gasteiger charge is 2.34. The summed E-state index contributed by atoms with van der Waals surface area (Å²) < 4.78 is 47.1. The Kier molecular flexibility index (Phi) is 5.40. The van der Waals surface area contributed by atoms with Crippen molar-refractivity contribution < 1.29 is 22.7 Å². The average molecular weight is 472 g/mol. The Morgan fingerprint density at radius 1 is 1.27 bits per heavy atom. The molecule has 1 aliphatic carbocycles. The van der Waals surface area contributed by atoms with E-state index in [1.807, 2.05) is 12.1 Å². The molecular formula is C23H19F3N4O2S. The minimum Gasteiger partial charge on any atom is -0.497 e. The van der Waals surface area contributed by atoms with E-state index in [-0.39, 0.29) is 23.8 Å². The van der Waals surface area contributed by atoms with Gasteiger partial charge in [-0.15, -0.1) is 0 Å². The molecule has 3 aromatic rings. The smallest absolute Gasteiger partial charge is 0.416 e. The maximum atomic E-state index is 13.6. The molecule has 0 radical (unpaired) electrons. The summed E-state index contributed by atoms with van der Waals surface area (Å²) >= 11 is 1.31. The van der Waals surface area contributed by atoms with Gasteiger partial charge in [0.2, 0.25) is 0 Å². The molecule has 2 aromatic carbocycles. The Morgan fingerprint density at radius 3 is 2.82 bits per heavy atom. The van der Waals surface area contributed by atoms with Gasteiger partial charge in [0.25, 0.3) is 5.91 Å². The molecule has 1 amide bonds. The lowest BCUT2D eigenvalue weighted by Gasteiger charge is -2.14. The molecule has 10 heteroatoms. The number of alkyl halides is 3. The van der Waals surface area contributed by atoms with Crippen LogP contribution in [0.4, 0.5) is 13.2 Å². The molecule has 33 heavy (non-hydrogen) atoms. The number of hydrogen-bond acceptors (Lipinski definition) is 5. The minimum atomic E-state index is -4.51. The zero-order chi connectivity index (χ0) is 23.2. The van der Waals surface area contributed by atoms with E-state index in [9.17, 15) is 18.0 Å². The number of rotatable bonds is 5. The van der Waals surface area contributed by atoms with E-state index in [1.54, 1.807) is 18.3 Å². The molecule has 1 saturated heterocycles. The van der Waals surface area contributed by atoms with Gasteiger partial charge in [-0.1, -0.05) is 12.1 Å². The number of ether oxygens (including phenoxy) is 1. The van der Waals surface area contributed by atoms with Crippen LogP contribution in [0.15, 0.2) is 52.5 Å². The van der Waals surface area contributed by atoms with Gasteiger partial charge in [-0.05, 0) is 66.1 Å². The zero-order valence-electron chi connectivity index (χ0n) is 17.5. The summed E-state index contributed by atoms with van der Waals surface area (Å²) in [6, 6.07) is 9.69. The van der Waals surface area contributed by atoms with E-state index in [2.05, 4.69) is 15.4 Å². The lowest BCUT2D eigenvalue weighted by atomic mass is 10.1. The normalized spacial score (nSPS) is 19.0. The fraction of sp³-hybridized carbons (Fsp3) is 0.261. The van der Waals surface area contributed by atoms with Crippen molar-refractivity contribution in [2.24, 2.45) is 4.99 Å². The molecule has 2 heterocycles. The number of thioether (sulfide) groups is 1. The van der Waals surface area contributed by atoms with Crippen molar-refractivity contribution in [2.45, 2.75) is 31.6 Å². The van der Waals surface area contributed by atoms with Crippen LogP contribution < -0.4 is 10.1 Å². The number of carbonyl (C=O) groups excluding carboxylic acids is 1. The fourth-order valence-corrected chi connectivity index (χ4v) is 4.47. The number of carbonyl (C=O) groups is 1. The molecule has 2 fully saturated rings. The van der Waals surface area contributed by atoms with E-state index in [1.165, 1.54) is 35.7 Å². The molecule has 0 bridgehead atoms. The van der Waals surface area contributed by atoms with Gasteiger partial charge in [-0.25, -0.2) is 0 Å². The van der Waals surface area contributed by atoms with Crippen molar-refractivity contribution in [3.63, 3.8) is 0 Å². The molecule has 0 unspecified atom stereocenters. The molecule has 0 spiro atoms. The molecule has 5 rings (SSSR count). The number of aliphatic imine (C=N–C) groups is 1. The molecule has 6 nitrogen and oxygen atoms in total. The van der Waals surface area contributed by atoms with Gasteiger partial charge in [0.15, 0.2) is 5.17 Å². The van der Waals surface area contributed by atoms with Crippen molar-refractivity contribution in [3.8, 4) is 5.75 Å². The number of hydrogen-bond donors (Lipinski definition) is 1. The first-order valence-electron chi connectivity index (χ1n) is 10.3. The standard InChI is InChI=1S/C23H19F3N4O2S/c1-32-17-6-3-14(18(10-17)23(24,25)26)12-30-19-7-2-13(8-15(19)11-27-30)9-20-21(31)29-22(33-20)28-16-4-5-16/h2-3,6-11,16H,4-5,12H2,1H3,(H,28,29,31). The van der Waals surface area contributed by atoms with Gasteiger partial charge in [0.1, 0.15) is 5.75 Å². The van der Waals surface area contributed by atoms with Crippen molar-refractivity contribution in [2.75, 3.05) is 7.11 Å². The van der Waals surface area contributed by atoms with Gasteiger partial charge in [-0.3, -0.25) is 14.5 Å². The lowest BCUT2D eigenvalue weighted by Crippen LogP contribution is -2.20. The van der Waals surface area contributed by atoms with Crippen molar-refractivity contribution in [1.82, 2.24) is 15.1 Å². The van der Waals surface area contributed by atoms with Crippen LogP contribution in [-0.4, -0.2) is 34.0 Å². The number of aromatic nitrogens is 2. The van der Waals surface area contributed by atoms with Gasteiger partial charge < -0.3 is 10.1 Å². The Bertz CT molecular complexity index is 1310. The van der Waals surface area contributed by atoms with Crippen LogP contribution in [0.3, 0.4) is 0 Å². The third-order valence-electron chi connectivity index (χ3n) is 5.40. The summed E-state index contributed by atoms with van der Waals surface area (Å²) in [4.78, 5) is 17.2. The van der Waals surface area contributed by atoms with E-state index in [4.69, 9.17) is 4.74 Å². The third kappa shape index (κ3) is 4.61. The SMILES string of the molecule is COc1ccc(Cn2ncc3cc(C=C4SC(=NC5CC5)NC4=O)ccc32)c(C(F)(F)F)c1.